The van der Waals surface area contributed by atoms with Crippen LogP contribution in [0.15, 0.2) is 41.5 Å². The van der Waals surface area contributed by atoms with Crippen LogP contribution in [0, 0.1) is 26.6 Å². The van der Waals surface area contributed by atoms with E-state index in [4.69, 9.17) is 4.74 Å². The molecule has 2 aromatic rings. The summed E-state index contributed by atoms with van der Waals surface area (Å²) in [6, 6.07) is 10.0. The first kappa shape index (κ1) is 16.7. The van der Waals surface area contributed by atoms with Crippen LogP contribution in [-0.2, 0) is 4.79 Å². The van der Waals surface area contributed by atoms with Crippen molar-refractivity contribution >= 4 is 12.1 Å². The zero-order chi connectivity index (χ0) is 16.8. The van der Waals surface area contributed by atoms with Crippen LogP contribution in [0.4, 0.5) is 4.39 Å². The van der Waals surface area contributed by atoms with Gasteiger partial charge in [-0.05, 0) is 44.0 Å². The zero-order valence-corrected chi connectivity index (χ0v) is 13.4. The van der Waals surface area contributed by atoms with Gasteiger partial charge in [-0.2, -0.15) is 5.10 Å². The van der Waals surface area contributed by atoms with Crippen molar-refractivity contribution < 1.29 is 13.9 Å². The third-order valence-electron chi connectivity index (χ3n) is 3.32. The number of hydrogen-bond donors (Lipinski definition) is 1. The predicted molar refractivity (Wildman–Crippen MR) is 88.3 cm³/mol. The van der Waals surface area contributed by atoms with Crippen LogP contribution in [0.1, 0.15) is 22.3 Å². The molecule has 0 bridgehead atoms. The number of carbonyl (C=O) groups excluding carboxylic acids is 1. The molecule has 1 N–H and O–H groups in total. The third kappa shape index (κ3) is 4.64. The normalized spacial score (nSPS) is 10.8. The standard InChI is InChI=1S/C18H19FN2O2/c1-12-8-13(2)15(14(3)9-12)10-20-21-18(22)11-23-17-7-5-4-6-16(17)19/h4-10H,11H2,1-3H3,(H,21,22)/b20-10-. The molecule has 23 heavy (non-hydrogen) atoms. The van der Waals surface area contributed by atoms with E-state index in [1.807, 2.05) is 20.8 Å². The van der Waals surface area contributed by atoms with Crippen LogP contribution in [0.25, 0.3) is 0 Å². The smallest absolute Gasteiger partial charge is 0.277 e. The first-order valence-corrected chi connectivity index (χ1v) is 7.24. The minimum atomic E-state index is -0.505. The minimum Gasteiger partial charge on any atom is -0.481 e. The maximum absolute atomic E-state index is 13.3. The molecular formula is C18H19FN2O2. The highest BCUT2D eigenvalue weighted by Crippen LogP contribution is 2.15. The van der Waals surface area contributed by atoms with Crippen LogP contribution < -0.4 is 10.2 Å². The van der Waals surface area contributed by atoms with Gasteiger partial charge in [-0.25, -0.2) is 9.82 Å². The number of ether oxygens (including phenoxy) is 1. The summed E-state index contributed by atoms with van der Waals surface area (Å²) in [6.07, 6.45) is 1.60. The van der Waals surface area contributed by atoms with Gasteiger partial charge in [0.15, 0.2) is 18.2 Å². The van der Waals surface area contributed by atoms with Gasteiger partial charge in [0.25, 0.3) is 5.91 Å². The number of hydrogen-bond acceptors (Lipinski definition) is 3. The van der Waals surface area contributed by atoms with Gasteiger partial charge >= 0.3 is 0 Å². The molecule has 0 radical (unpaired) electrons. The van der Waals surface area contributed by atoms with E-state index in [9.17, 15) is 9.18 Å². The molecule has 2 rings (SSSR count). The van der Waals surface area contributed by atoms with E-state index < -0.39 is 11.7 Å². The number of nitrogens with one attached hydrogen (secondary N) is 1. The summed E-state index contributed by atoms with van der Waals surface area (Å²) in [5.74, 6) is -0.918. The third-order valence-corrected chi connectivity index (χ3v) is 3.32. The Balaban J connectivity index is 1.91. The van der Waals surface area contributed by atoms with Crippen LogP contribution in [-0.4, -0.2) is 18.7 Å². The van der Waals surface area contributed by atoms with Crippen LogP contribution in [0.5, 0.6) is 5.75 Å². The van der Waals surface area contributed by atoms with E-state index in [0.29, 0.717) is 0 Å². The molecule has 0 aliphatic heterocycles. The van der Waals surface area contributed by atoms with Gasteiger partial charge in [-0.15, -0.1) is 0 Å². The fourth-order valence-electron chi connectivity index (χ4n) is 2.30. The highest BCUT2D eigenvalue weighted by Gasteiger charge is 2.06. The van der Waals surface area contributed by atoms with Gasteiger partial charge in [-0.1, -0.05) is 29.8 Å². The molecule has 0 fully saturated rings. The van der Waals surface area contributed by atoms with Gasteiger partial charge < -0.3 is 4.74 Å². The van der Waals surface area contributed by atoms with Crippen LogP contribution >= 0.6 is 0 Å². The SMILES string of the molecule is Cc1cc(C)c(/C=N\NC(=O)COc2ccccc2F)c(C)c1. The van der Waals surface area contributed by atoms with E-state index in [0.717, 1.165) is 16.7 Å². The Morgan fingerprint density at radius 1 is 1.22 bits per heavy atom. The minimum absolute atomic E-state index is 0.0388. The summed E-state index contributed by atoms with van der Waals surface area (Å²) in [5, 5.41) is 3.93. The maximum Gasteiger partial charge on any atom is 0.277 e. The van der Waals surface area contributed by atoms with Crippen molar-refractivity contribution in [3.05, 3.63) is 64.5 Å². The molecule has 0 unspecified atom stereocenters. The van der Waals surface area contributed by atoms with Crippen LogP contribution in [0.2, 0.25) is 0 Å². The van der Waals surface area contributed by atoms with Gasteiger partial charge in [0.05, 0.1) is 6.21 Å². The Bertz CT molecular complexity index is 719. The van der Waals surface area contributed by atoms with Gasteiger partial charge in [0, 0.05) is 5.56 Å². The number of para-hydroxylation sites is 1. The number of halogens is 1. The summed E-state index contributed by atoms with van der Waals surface area (Å²) < 4.78 is 18.5. The van der Waals surface area contributed by atoms with Crippen molar-refractivity contribution in [2.45, 2.75) is 20.8 Å². The van der Waals surface area contributed by atoms with E-state index >= 15 is 0 Å². The first-order valence-electron chi connectivity index (χ1n) is 7.24. The van der Waals surface area contributed by atoms with Crippen molar-refractivity contribution in [3.63, 3.8) is 0 Å². The lowest BCUT2D eigenvalue weighted by molar-refractivity contribution is -0.123. The number of nitrogens with zero attached hydrogens (tertiary/aromatic N) is 1. The lowest BCUT2D eigenvalue weighted by Gasteiger charge is -2.07. The lowest BCUT2D eigenvalue weighted by atomic mass is 10.0. The average Bonchev–Trinajstić information content (AvgIpc) is 2.49. The molecule has 0 saturated heterocycles. The van der Waals surface area contributed by atoms with Gasteiger partial charge in [-0.3, -0.25) is 4.79 Å². The van der Waals surface area contributed by atoms with Gasteiger partial charge in [0.1, 0.15) is 0 Å². The number of carbonyl (C=O) groups is 1. The second kappa shape index (κ2) is 7.54. The zero-order valence-electron chi connectivity index (χ0n) is 13.4. The molecule has 0 aliphatic carbocycles. The molecule has 0 heterocycles. The Hall–Kier alpha value is -2.69. The maximum atomic E-state index is 13.3. The monoisotopic (exact) mass is 314 g/mol. The number of rotatable bonds is 5. The average molecular weight is 314 g/mol. The molecule has 2 aromatic carbocycles. The number of amides is 1. The molecule has 1 amide bonds. The Morgan fingerprint density at radius 3 is 2.52 bits per heavy atom. The van der Waals surface area contributed by atoms with E-state index in [1.54, 1.807) is 18.3 Å². The first-order chi connectivity index (χ1) is 11.0. The quantitative estimate of drug-likeness (QED) is 0.680. The molecule has 0 saturated carbocycles. The predicted octanol–water partition coefficient (Wildman–Crippen LogP) is 3.28. The van der Waals surface area contributed by atoms with Crippen molar-refractivity contribution in [2.24, 2.45) is 5.10 Å². The van der Waals surface area contributed by atoms with Crippen molar-refractivity contribution in [2.75, 3.05) is 6.61 Å². The molecule has 120 valence electrons. The number of benzene rings is 2. The van der Waals surface area contributed by atoms with Crippen molar-refractivity contribution in [3.8, 4) is 5.75 Å². The second-order valence-electron chi connectivity index (χ2n) is 5.32. The van der Waals surface area contributed by atoms with E-state index in [2.05, 4.69) is 22.7 Å². The summed E-state index contributed by atoms with van der Waals surface area (Å²) >= 11 is 0. The lowest BCUT2D eigenvalue weighted by Crippen LogP contribution is -2.24. The fraction of sp³-hybridized carbons (Fsp3) is 0.222. The number of aryl methyl sites for hydroxylation is 3. The van der Waals surface area contributed by atoms with Crippen LogP contribution in [0.3, 0.4) is 0 Å². The van der Waals surface area contributed by atoms with Crippen molar-refractivity contribution in [1.29, 1.82) is 0 Å². The van der Waals surface area contributed by atoms with E-state index in [-0.39, 0.29) is 12.4 Å². The highest BCUT2D eigenvalue weighted by atomic mass is 19.1. The Morgan fingerprint density at radius 2 is 1.87 bits per heavy atom. The van der Waals surface area contributed by atoms with E-state index in [1.165, 1.54) is 17.7 Å². The molecule has 0 aromatic heterocycles. The summed E-state index contributed by atoms with van der Waals surface area (Å²) in [4.78, 5) is 11.7. The second-order valence-corrected chi connectivity index (χ2v) is 5.32. The summed E-state index contributed by atoms with van der Waals surface area (Å²) in [7, 11) is 0. The fourth-order valence-corrected chi connectivity index (χ4v) is 2.30. The number of hydrazone groups is 1. The molecule has 0 atom stereocenters. The molecule has 0 spiro atoms. The van der Waals surface area contributed by atoms with Crippen molar-refractivity contribution in [1.82, 2.24) is 5.43 Å². The summed E-state index contributed by atoms with van der Waals surface area (Å²) in [5.41, 5.74) is 6.69. The molecule has 0 aliphatic rings. The highest BCUT2D eigenvalue weighted by molar-refractivity contribution is 5.85. The molecule has 5 heteroatoms. The largest absolute Gasteiger partial charge is 0.481 e. The topological polar surface area (TPSA) is 50.7 Å². The Kier molecular flexibility index (Phi) is 5.46. The molecule has 4 nitrogen and oxygen atoms in total. The molecular weight excluding hydrogens is 295 g/mol. The summed E-state index contributed by atoms with van der Waals surface area (Å²) in [6.45, 7) is 5.71. The Labute approximate surface area is 135 Å². The van der Waals surface area contributed by atoms with Gasteiger partial charge in [0.2, 0.25) is 0 Å².